The molecule has 0 radical (unpaired) electrons. The van der Waals surface area contributed by atoms with Crippen molar-refractivity contribution in [1.82, 2.24) is 10.2 Å². The first-order chi connectivity index (χ1) is 14.4. The van der Waals surface area contributed by atoms with E-state index >= 15 is 0 Å². The standard InChI is InChI=1S/C24H31N3O3/c1-17-9-11-18(12-10-17)27-22(28)14-13-20(24(29)25-15-16-26(2)3)23(27)19-7-5-6-8-21(19)30-4/h5-12,20,23H,13-16H2,1-4H3,(H,25,29)/t20-,23+/m1/s1. The lowest BCUT2D eigenvalue weighted by Crippen LogP contribution is -2.49. The van der Waals surface area contributed by atoms with Gasteiger partial charge >= 0.3 is 0 Å². The van der Waals surface area contributed by atoms with Crippen LogP contribution in [0.25, 0.3) is 0 Å². The number of aryl methyl sites for hydroxylation is 1. The Labute approximate surface area is 178 Å². The van der Waals surface area contributed by atoms with Gasteiger partial charge in [0.25, 0.3) is 0 Å². The van der Waals surface area contributed by atoms with Gasteiger partial charge in [-0.1, -0.05) is 35.9 Å². The number of hydrogen-bond acceptors (Lipinski definition) is 4. The molecule has 2 amide bonds. The molecule has 2 aromatic rings. The zero-order valence-corrected chi connectivity index (χ0v) is 18.2. The second-order valence-corrected chi connectivity index (χ2v) is 8.03. The van der Waals surface area contributed by atoms with Crippen LogP contribution in [0.3, 0.4) is 0 Å². The highest BCUT2D eigenvalue weighted by molar-refractivity contribution is 5.97. The Morgan fingerprint density at radius 2 is 1.87 bits per heavy atom. The third-order valence-electron chi connectivity index (χ3n) is 5.56. The van der Waals surface area contributed by atoms with Gasteiger partial charge in [-0.15, -0.1) is 0 Å². The molecule has 0 aliphatic carbocycles. The first-order valence-electron chi connectivity index (χ1n) is 10.4. The Morgan fingerprint density at radius 1 is 1.17 bits per heavy atom. The quantitative estimate of drug-likeness (QED) is 0.763. The number of benzene rings is 2. The molecule has 3 rings (SSSR count). The fraction of sp³-hybridized carbons (Fsp3) is 0.417. The van der Waals surface area contributed by atoms with Crippen molar-refractivity contribution in [3.63, 3.8) is 0 Å². The monoisotopic (exact) mass is 409 g/mol. The molecule has 1 aliphatic rings. The van der Waals surface area contributed by atoms with Gasteiger partial charge in [0.05, 0.1) is 19.1 Å². The molecule has 0 saturated carbocycles. The largest absolute Gasteiger partial charge is 0.496 e. The van der Waals surface area contributed by atoms with E-state index in [0.29, 0.717) is 25.1 Å². The lowest BCUT2D eigenvalue weighted by Gasteiger charge is -2.41. The van der Waals surface area contributed by atoms with Gasteiger partial charge in [-0.05, 0) is 45.6 Å². The van der Waals surface area contributed by atoms with Crippen LogP contribution < -0.4 is 15.0 Å². The fourth-order valence-electron chi connectivity index (χ4n) is 3.98. The van der Waals surface area contributed by atoms with Gasteiger partial charge in [-0.3, -0.25) is 9.59 Å². The molecule has 0 bridgehead atoms. The summed E-state index contributed by atoms with van der Waals surface area (Å²) in [4.78, 5) is 30.1. The van der Waals surface area contributed by atoms with Crippen molar-refractivity contribution in [2.75, 3.05) is 39.2 Å². The average molecular weight is 410 g/mol. The van der Waals surface area contributed by atoms with Crippen molar-refractivity contribution in [2.24, 2.45) is 5.92 Å². The Hall–Kier alpha value is -2.86. The Balaban J connectivity index is 2.02. The van der Waals surface area contributed by atoms with E-state index in [1.54, 1.807) is 12.0 Å². The van der Waals surface area contributed by atoms with Crippen LogP contribution in [0, 0.1) is 12.8 Å². The molecular formula is C24H31N3O3. The third-order valence-corrected chi connectivity index (χ3v) is 5.56. The number of nitrogens with one attached hydrogen (secondary N) is 1. The van der Waals surface area contributed by atoms with Crippen LogP contribution in [-0.4, -0.2) is 51.0 Å². The average Bonchev–Trinajstić information content (AvgIpc) is 2.74. The smallest absolute Gasteiger partial charge is 0.227 e. The van der Waals surface area contributed by atoms with Crippen molar-refractivity contribution in [1.29, 1.82) is 0 Å². The minimum absolute atomic E-state index is 0.0205. The molecule has 2 aromatic carbocycles. The first-order valence-corrected chi connectivity index (χ1v) is 10.4. The van der Waals surface area contributed by atoms with E-state index < -0.39 is 6.04 Å². The molecule has 6 nitrogen and oxygen atoms in total. The van der Waals surface area contributed by atoms with Gasteiger partial charge in [-0.25, -0.2) is 0 Å². The Bertz CT molecular complexity index is 880. The van der Waals surface area contributed by atoms with Crippen molar-refractivity contribution in [3.8, 4) is 5.75 Å². The second kappa shape index (κ2) is 9.76. The van der Waals surface area contributed by atoms with Gasteiger partial charge in [0.1, 0.15) is 5.75 Å². The molecule has 1 aliphatic heterocycles. The molecule has 0 unspecified atom stereocenters. The molecule has 0 spiro atoms. The van der Waals surface area contributed by atoms with E-state index in [1.165, 1.54) is 0 Å². The van der Waals surface area contributed by atoms with Crippen LogP contribution in [0.15, 0.2) is 48.5 Å². The van der Waals surface area contributed by atoms with Crippen LogP contribution in [-0.2, 0) is 9.59 Å². The van der Waals surface area contributed by atoms with E-state index in [2.05, 4.69) is 5.32 Å². The summed E-state index contributed by atoms with van der Waals surface area (Å²) in [7, 11) is 5.57. The lowest BCUT2D eigenvalue weighted by molar-refractivity contribution is -0.129. The summed E-state index contributed by atoms with van der Waals surface area (Å²) >= 11 is 0. The number of rotatable bonds is 7. The molecule has 30 heavy (non-hydrogen) atoms. The maximum Gasteiger partial charge on any atom is 0.227 e. The maximum absolute atomic E-state index is 13.2. The van der Waals surface area contributed by atoms with E-state index in [9.17, 15) is 9.59 Å². The van der Waals surface area contributed by atoms with Crippen molar-refractivity contribution >= 4 is 17.5 Å². The number of amides is 2. The van der Waals surface area contributed by atoms with E-state index in [4.69, 9.17) is 4.74 Å². The molecule has 0 aromatic heterocycles. The summed E-state index contributed by atoms with van der Waals surface area (Å²) in [5, 5.41) is 3.06. The summed E-state index contributed by atoms with van der Waals surface area (Å²) in [6.45, 7) is 3.35. The SMILES string of the molecule is COc1ccccc1[C@H]1[C@H](C(=O)NCCN(C)C)CCC(=O)N1c1ccc(C)cc1. The van der Waals surface area contributed by atoms with Gasteiger partial charge in [0, 0.05) is 30.8 Å². The first kappa shape index (κ1) is 21.8. The number of hydrogen-bond donors (Lipinski definition) is 1. The number of carbonyl (C=O) groups excluding carboxylic acids is 2. The van der Waals surface area contributed by atoms with Crippen molar-refractivity contribution in [2.45, 2.75) is 25.8 Å². The summed E-state index contributed by atoms with van der Waals surface area (Å²) in [6, 6.07) is 15.1. The maximum atomic E-state index is 13.2. The number of para-hydroxylation sites is 1. The summed E-state index contributed by atoms with van der Waals surface area (Å²) in [5.74, 6) is 0.312. The van der Waals surface area contributed by atoms with Crippen LogP contribution in [0.4, 0.5) is 5.69 Å². The minimum Gasteiger partial charge on any atom is -0.496 e. The number of piperidine rings is 1. The molecule has 1 saturated heterocycles. The van der Waals surface area contributed by atoms with Gasteiger partial charge in [0.15, 0.2) is 0 Å². The van der Waals surface area contributed by atoms with Crippen molar-refractivity contribution in [3.05, 3.63) is 59.7 Å². The van der Waals surface area contributed by atoms with Gasteiger partial charge in [-0.2, -0.15) is 0 Å². The van der Waals surface area contributed by atoms with E-state index in [0.717, 1.165) is 23.4 Å². The van der Waals surface area contributed by atoms with Crippen molar-refractivity contribution < 1.29 is 14.3 Å². The minimum atomic E-state index is -0.426. The fourth-order valence-corrected chi connectivity index (χ4v) is 3.98. The van der Waals surface area contributed by atoms with E-state index in [1.807, 2.05) is 74.4 Å². The third kappa shape index (κ3) is 4.82. The zero-order chi connectivity index (χ0) is 21.7. The van der Waals surface area contributed by atoms with Gasteiger partial charge in [0.2, 0.25) is 11.8 Å². The molecular weight excluding hydrogens is 378 g/mol. The lowest BCUT2D eigenvalue weighted by atomic mass is 9.82. The zero-order valence-electron chi connectivity index (χ0n) is 18.2. The van der Waals surface area contributed by atoms with Crippen LogP contribution in [0.2, 0.25) is 0 Å². The summed E-state index contributed by atoms with van der Waals surface area (Å²) < 4.78 is 5.60. The molecule has 6 heteroatoms. The normalized spacial score (nSPS) is 19.1. The van der Waals surface area contributed by atoms with Gasteiger partial charge < -0.3 is 19.9 Å². The Kier molecular flexibility index (Phi) is 7.11. The highest BCUT2D eigenvalue weighted by atomic mass is 16.5. The molecule has 2 atom stereocenters. The molecule has 160 valence electrons. The summed E-state index contributed by atoms with van der Waals surface area (Å²) in [6.07, 6.45) is 0.850. The van der Waals surface area contributed by atoms with Crippen LogP contribution in [0.5, 0.6) is 5.75 Å². The number of likely N-dealkylation sites (N-methyl/N-ethyl adjacent to an activating group) is 1. The summed E-state index contributed by atoms with van der Waals surface area (Å²) in [5.41, 5.74) is 2.77. The topological polar surface area (TPSA) is 61.9 Å². The number of nitrogens with zero attached hydrogens (tertiary/aromatic N) is 2. The van der Waals surface area contributed by atoms with E-state index in [-0.39, 0.29) is 17.7 Å². The van der Waals surface area contributed by atoms with Crippen LogP contribution in [0.1, 0.15) is 30.0 Å². The number of carbonyl (C=O) groups is 2. The molecule has 1 N–H and O–H groups in total. The molecule has 1 fully saturated rings. The highest BCUT2D eigenvalue weighted by Gasteiger charge is 2.42. The van der Waals surface area contributed by atoms with Crippen LogP contribution >= 0.6 is 0 Å². The predicted octanol–water partition coefficient (Wildman–Crippen LogP) is 3.17. The second-order valence-electron chi connectivity index (χ2n) is 8.03. The highest BCUT2D eigenvalue weighted by Crippen LogP contribution is 2.43. The number of methoxy groups -OCH3 is 1. The Morgan fingerprint density at radius 3 is 2.53 bits per heavy atom. The molecule has 1 heterocycles. The predicted molar refractivity (Wildman–Crippen MR) is 119 cm³/mol. The number of anilines is 1. The number of ether oxygens (including phenoxy) is 1.